The molecule has 0 bridgehead atoms. The van der Waals surface area contributed by atoms with Crippen LogP contribution in [0.3, 0.4) is 0 Å². The van der Waals surface area contributed by atoms with Gasteiger partial charge in [0.05, 0.1) is 11.3 Å². The van der Waals surface area contributed by atoms with Crippen LogP contribution in [0.5, 0.6) is 11.5 Å². The number of thioether (sulfide) groups is 1. The SMILES string of the molecule is O=C(CSc1nnc(-c2ccc3c(c2)OCO3)n1-c1ccccc1)Nc1cccc(C(F)(F)F)c1. The van der Waals surface area contributed by atoms with Gasteiger partial charge in [-0.2, -0.15) is 13.2 Å². The minimum absolute atomic E-state index is 0.0657. The van der Waals surface area contributed by atoms with E-state index >= 15 is 0 Å². The van der Waals surface area contributed by atoms with Gasteiger partial charge >= 0.3 is 6.18 Å². The second-order valence-electron chi connectivity index (χ2n) is 7.46. The number of halogens is 3. The van der Waals surface area contributed by atoms with Crippen LogP contribution in [0, 0.1) is 0 Å². The Morgan fingerprint density at radius 1 is 0.971 bits per heavy atom. The number of aromatic nitrogens is 3. The van der Waals surface area contributed by atoms with E-state index in [1.54, 1.807) is 16.7 Å². The number of ether oxygens (including phenoxy) is 2. The number of anilines is 1. The maximum absolute atomic E-state index is 12.9. The van der Waals surface area contributed by atoms with Crippen LogP contribution in [-0.4, -0.2) is 33.2 Å². The molecule has 1 aliphatic heterocycles. The van der Waals surface area contributed by atoms with Gasteiger partial charge in [-0.05, 0) is 48.5 Å². The zero-order valence-corrected chi connectivity index (χ0v) is 18.8. The Morgan fingerprint density at radius 3 is 2.57 bits per heavy atom. The summed E-state index contributed by atoms with van der Waals surface area (Å²) in [4.78, 5) is 12.5. The van der Waals surface area contributed by atoms with Crippen molar-refractivity contribution in [3.63, 3.8) is 0 Å². The molecule has 4 aromatic rings. The third-order valence-electron chi connectivity index (χ3n) is 5.08. The molecule has 0 aliphatic carbocycles. The van der Waals surface area contributed by atoms with Crippen LogP contribution in [0.15, 0.2) is 78.0 Å². The standard InChI is InChI=1S/C24H17F3N4O3S/c25-24(26,27)16-5-4-6-17(12-16)28-21(32)13-35-23-30-29-22(31(23)18-7-2-1-3-8-18)15-9-10-19-20(11-15)34-14-33-19/h1-12H,13-14H2,(H,28,32). The Hall–Kier alpha value is -3.99. The van der Waals surface area contributed by atoms with Crippen molar-refractivity contribution in [2.75, 3.05) is 17.9 Å². The van der Waals surface area contributed by atoms with Crippen LogP contribution in [0.2, 0.25) is 0 Å². The van der Waals surface area contributed by atoms with Gasteiger partial charge in [0.2, 0.25) is 12.7 Å². The highest BCUT2D eigenvalue weighted by Crippen LogP contribution is 2.37. The van der Waals surface area contributed by atoms with Crippen LogP contribution in [0.25, 0.3) is 17.1 Å². The summed E-state index contributed by atoms with van der Waals surface area (Å²) in [7, 11) is 0. The van der Waals surface area contributed by atoms with Gasteiger partial charge in [-0.3, -0.25) is 9.36 Å². The summed E-state index contributed by atoms with van der Waals surface area (Å²) in [6.45, 7) is 0.145. The monoisotopic (exact) mass is 498 g/mol. The number of rotatable bonds is 6. The fourth-order valence-electron chi connectivity index (χ4n) is 3.50. The van der Waals surface area contributed by atoms with E-state index in [4.69, 9.17) is 9.47 Å². The number of carbonyl (C=O) groups is 1. The summed E-state index contributed by atoms with van der Waals surface area (Å²) in [6, 6.07) is 19.3. The van der Waals surface area contributed by atoms with Gasteiger partial charge in [-0.1, -0.05) is 36.0 Å². The van der Waals surface area contributed by atoms with Crippen molar-refractivity contribution >= 4 is 23.4 Å². The maximum atomic E-state index is 12.9. The topological polar surface area (TPSA) is 78.3 Å². The number of hydrogen-bond acceptors (Lipinski definition) is 6. The Bertz CT molecular complexity index is 1380. The summed E-state index contributed by atoms with van der Waals surface area (Å²) in [5, 5.41) is 11.5. The summed E-state index contributed by atoms with van der Waals surface area (Å²) >= 11 is 1.12. The van der Waals surface area contributed by atoms with Crippen molar-refractivity contribution in [3.8, 4) is 28.6 Å². The van der Waals surface area contributed by atoms with Crippen molar-refractivity contribution in [1.29, 1.82) is 0 Å². The fourth-order valence-corrected chi connectivity index (χ4v) is 4.25. The molecule has 1 amide bonds. The van der Waals surface area contributed by atoms with Gasteiger partial charge in [0.15, 0.2) is 22.5 Å². The quantitative estimate of drug-likeness (QED) is 0.358. The molecule has 0 saturated heterocycles. The smallest absolute Gasteiger partial charge is 0.416 e. The molecule has 1 aromatic heterocycles. The molecule has 0 fully saturated rings. The molecular formula is C24H17F3N4O3S. The summed E-state index contributed by atoms with van der Waals surface area (Å²) in [6.07, 6.45) is -4.49. The normalized spacial score (nSPS) is 12.5. The zero-order valence-electron chi connectivity index (χ0n) is 18.0. The highest BCUT2D eigenvalue weighted by molar-refractivity contribution is 7.99. The molecule has 0 saturated carbocycles. The predicted molar refractivity (Wildman–Crippen MR) is 124 cm³/mol. The minimum Gasteiger partial charge on any atom is -0.454 e. The van der Waals surface area contributed by atoms with Crippen LogP contribution in [-0.2, 0) is 11.0 Å². The van der Waals surface area contributed by atoms with Gasteiger partial charge in [0.25, 0.3) is 0 Å². The first-order valence-corrected chi connectivity index (χ1v) is 11.4. The Labute approximate surface area is 201 Å². The molecule has 11 heteroatoms. The predicted octanol–water partition coefficient (Wildman–Crippen LogP) is 5.41. The summed E-state index contributed by atoms with van der Waals surface area (Å²) in [5.74, 6) is 1.22. The van der Waals surface area contributed by atoms with E-state index in [2.05, 4.69) is 15.5 Å². The Balaban J connectivity index is 1.38. The molecule has 35 heavy (non-hydrogen) atoms. The first kappa shape index (κ1) is 22.8. The molecular weight excluding hydrogens is 481 g/mol. The lowest BCUT2D eigenvalue weighted by atomic mass is 10.2. The number of nitrogens with one attached hydrogen (secondary N) is 1. The third-order valence-corrected chi connectivity index (χ3v) is 6.01. The molecule has 1 aliphatic rings. The van der Waals surface area contributed by atoms with E-state index in [-0.39, 0.29) is 18.2 Å². The van der Waals surface area contributed by atoms with Crippen molar-refractivity contribution in [1.82, 2.24) is 14.8 Å². The molecule has 0 atom stereocenters. The minimum atomic E-state index is -4.49. The van der Waals surface area contributed by atoms with E-state index in [0.717, 1.165) is 35.1 Å². The number of carbonyl (C=O) groups excluding carboxylic acids is 1. The van der Waals surface area contributed by atoms with Crippen molar-refractivity contribution in [2.24, 2.45) is 0 Å². The highest BCUT2D eigenvalue weighted by Gasteiger charge is 2.30. The molecule has 0 spiro atoms. The number of fused-ring (bicyclic) bond motifs is 1. The second-order valence-corrected chi connectivity index (χ2v) is 8.40. The van der Waals surface area contributed by atoms with E-state index in [1.165, 1.54) is 12.1 Å². The van der Waals surface area contributed by atoms with Gasteiger partial charge in [-0.25, -0.2) is 0 Å². The van der Waals surface area contributed by atoms with Crippen LogP contribution in [0.4, 0.5) is 18.9 Å². The van der Waals surface area contributed by atoms with E-state index in [1.807, 2.05) is 36.4 Å². The number of benzene rings is 3. The van der Waals surface area contributed by atoms with Crippen molar-refractivity contribution in [2.45, 2.75) is 11.3 Å². The molecule has 178 valence electrons. The first-order valence-electron chi connectivity index (χ1n) is 10.4. The number of alkyl halides is 3. The molecule has 3 aromatic carbocycles. The molecule has 5 rings (SSSR count). The average Bonchev–Trinajstić information content (AvgIpc) is 3.49. The lowest BCUT2D eigenvalue weighted by Crippen LogP contribution is -2.15. The lowest BCUT2D eigenvalue weighted by Gasteiger charge is -2.11. The second kappa shape index (κ2) is 9.34. The molecule has 1 N–H and O–H groups in total. The van der Waals surface area contributed by atoms with Crippen molar-refractivity contribution in [3.05, 3.63) is 78.4 Å². The highest BCUT2D eigenvalue weighted by atomic mass is 32.2. The van der Waals surface area contributed by atoms with Crippen LogP contribution < -0.4 is 14.8 Å². The summed E-state index contributed by atoms with van der Waals surface area (Å²) in [5.41, 5.74) is 0.757. The summed E-state index contributed by atoms with van der Waals surface area (Å²) < 4.78 is 51.5. The van der Waals surface area contributed by atoms with Crippen molar-refractivity contribution < 1.29 is 27.4 Å². The van der Waals surface area contributed by atoms with Gasteiger partial charge in [0, 0.05) is 16.9 Å². The van der Waals surface area contributed by atoms with Gasteiger partial charge in [-0.15, -0.1) is 10.2 Å². The number of para-hydroxylation sites is 1. The third kappa shape index (κ3) is 4.94. The van der Waals surface area contributed by atoms with E-state index in [0.29, 0.717) is 22.5 Å². The Morgan fingerprint density at radius 2 is 1.77 bits per heavy atom. The number of nitrogens with zero attached hydrogens (tertiary/aromatic N) is 3. The molecule has 0 radical (unpaired) electrons. The Kier molecular flexibility index (Phi) is 6.08. The molecule has 0 unspecified atom stereocenters. The first-order chi connectivity index (χ1) is 16.9. The zero-order chi connectivity index (χ0) is 24.4. The van der Waals surface area contributed by atoms with Gasteiger partial charge in [0.1, 0.15) is 0 Å². The maximum Gasteiger partial charge on any atom is 0.416 e. The van der Waals surface area contributed by atoms with E-state index in [9.17, 15) is 18.0 Å². The molecule has 7 nitrogen and oxygen atoms in total. The number of hydrogen-bond donors (Lipinski definition) is 1. The largest absolute Gasteiger partial charge is 0.454 e. The average molecular weight is 498 g/mol. The fraction of sp³-hybridized carbons (Fsp3) is 0.125. The van der Waals surface area contributed by atoms with E-state index < -0.39 is 17.6 Å². The van der Waals surface area contributed by atoms with Crippen LogP contribution >= 0.6 is 11.8 Å². The lowest BCUT2D eigenvalue weighted by molar-refractivity contribution is -0.137. The molecule has 2 heterocycles. The van der Waals surface area contributed by atoms with Gasteiger partial charge < -0.3 is 14.8 Å². The van der Waals surface area contributed by atoms with Crippen LogP contribution in [0.1, 0.15) is 5.56 Å². The number of amides is 1.